The van der Waals surface area contributed by atoms with Gasteiger partial charge in [0, 0.05) is 5.56 Å². The molecule has 0 saturated heterocycles. The van der Waals surface area contributed by atoms with Crippen LogP contribution in [-0.2, 0) is 9.53 Å². The molecule has 1 aliphatic heterocycles. The van der Waals surface area contributed by atoms with Gasteiger partial charge in [0.25, 0.3) is 0 Å². The molecule has 0 N–H and O–H groups in total. The van der Waals surface area contributed by atoms with Gasteiger partial charge >= 0.3 is 5.97 Å². The first kappa shape index (κ1) is 16.3. The van der Waals surface area contributed by atoms with Crippen LogP contribution in [0.4, 0.5) is 0 Å². The zero-order valence-corrected chi connectivity index (χ0v) is 13.1. The molecule has 0 unspecified atom stereocenters. The van der Waals surface area contributed by atoms with Gasteiger partial charge in [-0.1, -0.05) is 0 Å². The van der Waals surface area contributed by atoms with Crippen LogP contribution >= 0.6 is 0 Å². The minimum Gasteiger partial charge on any atom is -0.482 e. The fourth-order valence-corrected chi connectivity index (χ4v) is 2.11. The molecule has 3 rings (SSSR count). The number of fused-ring (bicyclic) bond motifs is 1. The van der Waals surface area contributed by atoms with E-state index in [-0.39, 0.29) is 19.2 Å². The number of hydrogen-bond acceptors (Lipinski definition) is 7. The first-order chi connectivity index (χ1) is 12.2. The maximum absolute atomic E-state index is 12.0. The number of carbonyl (C=O) groups is 2. The van der Waals surface area contributed by atoms with E-state index in [0.717, 1.165) is 0 Å². The molecule has 126 valence electrons. The number of esters is 1. The molecule has 0 amide bonds. The highest BCUT2D eigenvalue weighted by atomic mass is 16.7. The molecule has 0 atom stereocenters. The summed E-state index contributed by atoms with van der Waals surface area (Å²) < 4.78 is 20.5. The topological polar surface area (TPSA) is 94.8 Å². The minimum absolute atomic E-state index is 0.120. The lowest BCUT2D eigenvalue weighted by atomic mass is 10.1. The van der Waals surface area contributed by atoms with Crippen molar-refractivity contribution in [3.8, 4) is 23.3 Å². The lowest BCUT2D eigenvalue weighted by molar-refractivity contribution is -0.144. The zero-order valence-electron chi connectivity index (χ0n) is 13.1. The van der Waals surface area contributed by atoms with Crippen molar-refractivity contribution in [3.63, 3.8) is 0 Å². The van der Waals surface area contributed by atoms with Gasteiger partial charge in [-0.15, -0.1) is 0 Å². The summed E-state index contributed by atoms with van der Waals surface area (Å²) in [5, 5.41) is 8.70. The molecule has 2 aromatic carbocycles. The first-order valence-corrected chi connectivity index (χ1v) is 7.37. The van der Waals surface area contributed by atoms with Gasteiger partial charge in [0.15, 0.2) is 30.5 Å². The SMILES string of the molecule is N#Cc1ccc(OCC(=O)OCC(=O)c2ccc3c(c2)OCO3)cc1. The van der Waals surface area contributed by atoms with E-state index >= 15 is 0 Å². The number of nitrogens with zero attached hydrogens (tertiary/aromatic N) is 1. The molecule has 0 saturated carbocycles. The van der Waals surface area contributed by atoms with Crippen LogP contribution in [-0.4, -0.2) is 31.8 Å². The van der Waals surface area contributed by atoms with Crippen LogP contribution < -0.4 is 14.2 Å². The maximum Gasteiger partial charge on any atom is 0.344 e. The van der Waals surface area contributed by atoms with Gasteiger partial charge < -0.3 is 18.9 Å². The number of ketones is 1. The standard InChI is InChI=1S/C18H13NO6/c19-8-12-1-4-14(5-2-12)22-10-18(21)23-9-15(20)13-3-6-16-17(7-13)25-11-24-16/h1-7H,9-11H2. The fraction of sp³-hybridized carbons (Fsp3) is 0.167. The van der Waals surface area contributed by atoms with Crippen molar-refractivity contribution < 1.29 is 28.5 Å². The summed E-state index contributed by atoms with van der Waals surface area (Å²) >= 11 is 0. The van der Waals surface area contributed by atoms with Crippen molar-refractivity contribution in [1.82, 2.24) is 0 Å². The number of rotatable bonds is 6. The summed E-state index contributed by atoms with van der Waals surface area (Å²) in [5.74, 6) is 0.465. The highest BCUT2D eigenvalue weighted by Crippen LogP contribution is 2.32. The molecule has 0 spiro atoms. The van der Waals surface area contributed by atoms with Crippen molar-refractivity contribution in [3.05, 3.63) is 53.6 Å². The Bertz CT molecular complexity index is 838. The Hall–Kier alpha value is -3.53. The van der Waals surface area contributed by atoms with Crippen molar-refractivity contribution in [2.45, 2.75) is 0 Å². The number of Topliss-reactive ketones (excluding diaryl/α,β-unsaturated/α-hetero) is 1. The molecule has 0 radical (unpaired) electrons. The largest absolute Gasteiger partial charge is 0.482 e. The third-order valence-electron chi connectivity index (χ3n) is 3.40. The number of nitriles is 1. The van der Waals surface area contributed by atoms with E-state index in [1.807, 2.05) is 6.07 Å². The lowest BCUT2D eigenvalue weighted by Gasteiger charge is -2.07. The molecule has 7 heteroatoms. The molecule has 0 bridgehead atoms. The molecular formula is C18H13NO6. The summed E-state index contributed by atoms with van der Waals surface area (Å²) in [4.78, 5) is 23.7. The van der Waals surface area contributed by atoms with Gasteiger partial charge in [-0.2, -0.15) is 5.26 Å². The second kappa shape index (κ2) is 7.36. The van der Waals surface area contributed by atoms with Gasteiger partial charge in [0.2, 0.25) is 6.79 Å². The number of carbonyl (C=O) groups excluding carboxylic acids is 2. The predicted octanol–water partition coefficient (Wildman–Crippen LogP) is 2.09. The molecule has 1 aliphatic rings. The van der Waals surface area contributed by atoms with Gasteiger partial charge in [-0.05, 0) is 42.5 Å². The zero-order chi connectivity index (χ0) is 17.6. The molecular weight excluding hydrogens is 326 g/mol. The summed E-state index contributed by atoms with van der Waals surface area (Å²) in [5.41, 5.74) is 0.856. The Morgan fingerprint density at radius 2 is 1.80 bits per heavy atom. The molecule has 25 heavy (non-hydrogen) atoms. The number of ether oxygens (including phenoxy) is 4. The Morgan fingerprint density at radius 3 is 2.56 bits per heavy atom. The Kier molecular flexibility index (Phi) is 4.81. The average molecular weight is 339 g/mol. The predicted molar refractivity (Wildman–Crippen MR) is 84.5 cm³/mol. The minimum atomic E-state index is -0.668. The summed E-state index contributed by atoms with van der Waals surface area (Å²) in [7, 11) is 0. The summed E-state index contributed by atoms with van der Waals surface area (Å²) in [6.07, 6.45) is 0. The molecule has 0 fully saturated rings. The maximum atomic E-state index is 12.0. The van der Waals surface area contributed by atoms with Crippen molar-refractivity contribution >= 4 is 11.8 Å². The van der Waals surface area contributed by atoms with E-state index in [4.69, 9.17) is 24.2 Å². The Morgan fingerprint density at radius 1 is 1.04 bits per heavy atom. The smallest absolute Gasteiger partial charge is 0.344 e. The molecule has 0 aromatic heterocycles. The van der Waals surface area contributed by atoms with Crippen molar-refractivity contribution in [2.24, 2.45) is 0 Å². The molecule has 1 heterocycles. The second-order valence-electron chi connectivity index (χ2n) is 5.08. The van der Waals surface area contributed by atoms with E-state index in [0.29, 0.717) is 28.4 Å². The van der Waals surface area contributed by atoms with Crippen LogP contribution in [0, 0.1) is 11.3 Å². The van der Waals surface area contributed by atoms with Crippen LogP contribution in [0.1, 0.15) is 15.9 Å². The third kappa shape index (κ3) is 4.06. The highest BCUT2D eigenvalue weighted by Gasteiger charge is 2.17. The first-order valence-electron chi connectivity index (χ1n) is 7.37. The Labute approximate surface area is 143 Å². The lowest BCUT2D eigenvalue weighted by Crippen LogP contribution is -2.19. The number of hydrogen-bond donors (Lipinski definition) is 0. The van der Waals surface area contributed by atoms with Gasteiger partial charge in [-0.25, -0.2) is 4.79 Å². The van der Waals surface area contributed by atoms with Crippen LogP contribution in [0.5, 0.6) is 17.2 Å². The average Bonchev–Trinajstić information content (AvgIpc) is 3.12. The van der Waals surface area contributed by atoms with Gasteiger partial charge in [0.1, 0.15) is 5.75 Å². The van der Waals surface area contributed by atoms with Gasteiger partial charge in [-0.3, -0.25) is 4.79 Å². The highest BCUT2D eigenvalue weighted by molar-refractivity contribution is 5.98. The van der Waals surface area contributed by atoms with Crippen LogP contribution in [0.25, 0.3) is 0 Å². The molecule has 0 aliphatic carbocycles. The van der Waals surface area contributed by atoms with Gasteiger partial charge in [0.05, 0.1) is 11.6 Å². The Balaban J connectivity index is 1.46. The third-order valence-corrected chi connectivity index (χ3v) is 3.40. The van der Waals surface area contributed by atoms with E-state index < -0.39 is 12.6 Å². The van der Waals surface area contributed by atoms with E-state index in [1.54, 1.807) is 42.5 Å². The van der Waals surface area contributed by atoms with Crippen LogP contribution in [0.3, 0.4) is 0 Å². The van der Waals surface area contributed by atoms with Crippen molar-refractivity contribution in [1.29, 1.82) is 5.26 Å². The second-order valence-corrected chi connectivity index (χ2v) is 5.08. The van der Waals surface area contributed by atoms with E-state index in [1.165, 1.54) is 0 Å². The summed E-state index contributed by atoms with van der Waals surface area (Å²) in [6.45, 7) is -0.607. The quantitative estimate of drug-likeness (QED) is 0.587. The van der Waals surface area contributed by atoms with Crippen LogP contribution in [0.2, 0.25) is 0 Å². The van der Waals surface area contributed by atoms with Crippen molar-refractivity contribution in [2.75, 3.05) is 20.0 Å². The molecule has 2 aromatic rings. The monoisotopic (exact) mass is 339 g/mol. The fourth-order valence-electron chi connectivity index (χ4n) is 2.11. The summed E-state index contributed by atoms with van der Waals surface area (Å²) in [6, 6.07) is 13.0. The van der Waals surface area contributed by atoms with E-state index in [2.05, 4.69) is 0 Å². The molecule has 7 nitrogen and oxygen atoms in total. The number of benzene rings is 2. The van der Waals surface area contributed by atoms with Crippen LogP contribution in [0.15, 0.2) is 42.5 Å². The normalized spacial score (nSPS) is 11.5. The van der Waals surface area contributed by atoms with E-state index in [9.17, 15) is 9.59 Å².